The maximum atomic E-state index is 12.7. The van der Waals surface area contributed by atoms with Crippen molar-refractivity contribution < 1.29 is 13.2 Å². The lowest BCUT2D eigenvalue weighted by Crippen LogP contribution is -2.48. The first-order valence-corrected chi connectivity index (χ1v) is 10.5. The molecule has 0 radical (unpaired) electrons. The van der Waals surface area contributed by atoms with E-state index in [4.69, 9.17) is 23.2 Å². The predicted octanol–water partition coefficient (Wildman–Crippen LogP) is 4.03. The highest BCUT2D eigenvalue weighted by Gasteiger charge is 2.31. The van der Waals surface area contributed by atoms with Gasteiger partial charge in [0.05, 0.1) is 23.0 Å². The summed E-state index contributed by atoms with van der Waals surface area (Å²) >= 11 is 12.1. The van der Waals surface area contributed by atoms with Gasteiger partial charge in [0.2, 0.25) is 15.9 Å². The van der Waals surface area contributed by atoms with Crippen LogP contribution in [-0.2, 0) is 14.8 Å². The highest BCUT2D eigenvalue weighted by molar-refractivity contribution is 7.92. The molecule has 0 spiro atoms. The summed E-state index contributed by atoms with van der Waals surface area (Å²) < 4.78 is 25.7. The molecule has 2 atom stereocenters. The highest BCUT2D eigenvalue weighted by atomic mass is 35.5. The van der Waals surface area contributed by atoms with E-state index in [1.807, 2.05) is 37.3 Å². The van der Waals surface area contributed by atoms with E-state index < -0.39 is 22.0 Å². The van der Waals surface area contributed by atoms with Crippen LogP contribution in [-0.4, -0.2) is 26.6 Å². The Labute approximate surface area is 164 Å². The second-order valence-corrected chi connectivity index (χ2v) is 8.67. The molecule has 0 aliphatic heterocycles. The summed E-state index contributed by atoms with van der Waals surface area (Å²) in [4.78, 5) is 12.7. The lowest BCUT2D eigenvalue weighted by Gasteiger charge is -2.30. The molecule has 0 aliphatic carbocycles. The van der Waals surface area contributed by atoms with Gasteiger partial charge < -0.3 is 5.32 Å². The molecule has 1 unspecified atom stereocenters. The number of amides is 1. The molecular formula is C18H20Cl2N2O3S. The molecule has 0 fully saturated rings. The zero-order valence-corrected chi connectivity index (χ0v) is 16.9. The minimum atomic E-state index is -3.77. The Morgan fingerprint density at radius 2 is 1.69 bits per heavy atom. The number of carbonyl (C=O) groups is 1. The maximum absolute atomic E-state index is 12.7. The Bertz CT molecular complexity index is 889. The second kappa shape index (κ2) is 8.29. The number of nitrogens with one attached hydrogen (secondary N) is 1. The van der Waals surface area contributed by atoms with E-state index in [-0.39, 0.29) is 16.8 Å². The van der Waals surface area contributed by atoms with Crippen molar-refractivity contribution in [3.8, 4) is 0 Å². The molecule has 140 valence electrons. The van der Waals surface area contributed by atoms with E-state index in [9.17, 15) is 13.2 Å². The Morgan fingerprint density at radius 1 is 1.08 bits per heavy atom. The van der Waals surface area contributed by atoms with Crippen LogP contribution in [0.5, 0.6) is 0 Å². The summed E-state index contributed by atoms with van der Waals surface area (Å²) in [5.41, 5.74) is 1.08. The third-order valence-electron chi connectivity index (χ3n) is 3.89. The van der Waals surface area contributed by atoms with Crippen molar-refractivity contribution >= 4 is 44.8 Å². The first kappa shape index (κ1) is 20.6. The molecule has 0 saturated heterocycles. The predicted molar refractivity (Wildman–Crippen MR) is 106 cm³/mol. The number of hydrogen-bond acceptors (Lipinski definition) is 3. The number of hydrogen-bond donors (Lipinski definition) is 1. The molecule has 1 amide bonds. The van der Waals surface area contributed by atoms with Gasteiger partial charge in [0.1, 0.15) is 6.04 Å². The molecule has 5 nitrogen and oxygen atoms in total. The summed E-state index contributed by atoms with van der Waals surface area (Å²) in [7, 11) is -3.77. The maximum Gasteiger partial charge on any atom is 0.244 e. The topological polar surface area (TPSA) is 66.5 Å². The molecule has 0 aromatic heterocycles. The number of rotatable bonds is 6. The summed E-state index contributed by atoms with van der Waals surface area (Å²) in [5.74, 6) is -0.442. The van der Waals surface area contributed by atoms with Gasteiger partial charge in [-0.25, -0.2) is 8.42 Å². The average molecular weight is 415 g/mol. The quantitative estimate of drug-likeness (QED) is 0.775. The smallest absolute Gasteiger partial charge is 0.244 e. The molecular weight excluding hydrogens is 395 g/mol. The summed E-state index contributed by atoms with van der Waals surface area (Å²) in [6, 6.07) is 12.6. The van der Waals surface area contributed by atoms with Gasteiger partial charge in [0.25, 0.3) is 0 Å². The largest absolute Gasteiger partial charge is 0.348 e. The van der Waals surface area contributed by atoms with E-state index in [1.54, 1.807) is 6.07 Å². The van der Waals surface area contributed by atoms with E-state index in [0.29, 0.717) is 5.02 Å². The van der Waals surface area contributed by atoms with Gasteiger partial charge >= 0.3 is 0 Å². The van der Waals surface area contributed by atoms with Crippen LogP contribution in [0.25, 0.3) is 0 Å². The third-order valence-corrected chi connectivity index (χ3v) is 5.67. The third kappa shape index (κ3) is 4.90. The minimum Gasteiger partial charge on any atom is -0.348 e. The zero-order chi connectivity index (χ0) is 19.5. The van der Waals surface area contributed by atoms with Crippen LogP contribution in [0.3, 0.4) is 0 Å². The second-order valence-electron chi connectivity index (χ2n) is 5.97. The van der Waals surface area contributed by atoms with Gasteiger partial charge in [0.15, 0.2) is 0 Å². The van der Waals surface area contributed by atoms with Crippen LogP contribution in [0.4, 0.5) is 5.69 Å². The normalized spacial score (nSPS) is 13.7. The monoisotopic (exact) mass is 414 g/mol. The van der Waals surface area contributed by atoms with Gasteiger partial charge in [0, 0.05) is 5.02 Å². The fraction of sp³-hybridized carbons (Fsp3) is 0.278. The van der Waals surface area contributed by atoms with Crippen LogP contribution in [0.2, 0.25) is 10.0 Å². The lowest BCUT2D eigenvalue weighted by molar-refractivity contribution is -0.122. The molecule has 0 heterocycles. The minimum absolute atomic E-state index is 0.164. The van der Waals surface area contributed by atoms with Crippen LogP contribution < -0.4 is 9.62 Å². The average Bonchev–Trinajstić information content (AvgIpc) is 2.57. The number of sulfonamides is 1. The number of carbonyl (C=O) groups excluding carboxylic acids is 1. The molecule has 1 N–H and O–H groups in total. The van der Waals surface area contributed by atoms with E-state index in [1.165, 1.54) is 19.1 Å². The van der Waals surface area contributed by atoms with Crippen molar-refractivity contribution in [1.29, 1.82) is 0 Å². The molecule has 2 aromatic rings. The summed E-state index contributed by atoms with van der Waals surface area (Å²) in [6.07, 6.45) is 1.02. The lowest BCUT2D eigenvalue weighted by atomic mass is 10.1. The number of benzene rings is 2. The van der Waals surface area contributed by atoms with Crippen molar-refractivity contribution in [2.75, 3.05) is 10.6 Å². The summed E-state index contributed by atoms with van der Waals surface area (Å²) in [6.45, 7) is 3.34. The standard InChI is InChI=1S/C18H20Cl2N2O3S/c1-12(14-7-5-4-6-8-14)21-18(23)13(2)22(26(3,24)25)17-11-15(19)9-10-16(17)20/h4-13H,1-3H3,(H,21,23)/t12-,13?/m1/s1. The van der Waals surface area contributed by atoms with E-state index >= 15 is 0 Å². The Hall–Kier alpha value is -1.76. The Morgan fingerprint density at radius 3 is 2.27 bits per heavy atom. The SMILES string of the molecule is CC(C(=O)N[C@H](C)c1ccccc1)N(c1cc(Cl)ccc1Cl)S(C)(=O)=O. The fourth-order valence-electron chi connectivity index (χ4n) is 2.59. The molecule has 0 bridgehead atoms. The van der Waals surface area contributed by atoms with Gasteiger partial charge in [-0.15, -0.1) is 0 Å². The Balaban J connectivity index is 2.31. The molecule has 8 heteroatoms. The van der Waals surface area contributed by atoms with Crippen LogP contribution in [0.1, 0.15) is 25.5 Å². The van der Waals surface area contributed by atoms with Crippen molar-refractivity contribution in [3.63, 3.8) is 0 Å². The molecule has 0 aliphatic rings. The Kier molecular flexibility index (Phi) is 6.55. The van der Waals surface area contributed by atoms with Crippen LogP contribution in [0.15, 0.2) is 48.5 Å². The first-order valence-electron chi connectivity index (χ1n) is 7.91. The zero-order valence-electron chi connectivity index (χ0n) is 14.6. The molecule has 26 heavy (non-hydrogen) atoms. The highest BCUT2D eigenvalue weighted by Crippen LogP contribution is 2.32. The molecule has 2 aromatic carbocycles. The van der Waals surface area contributed by atoms with Gasteiger partial charge in [-0.3, -0.25) is 9.10 Å². The number of nitrogens with zero attached hydrogens (tertiary/aromatic N) is 1. The van der Waals surface area contributed by atoms with Gasteiger partial charge in [-0.1, -0.05) is 53.5 Å². The van der Waals surface area contributed by atoms with E-state index in [2.05, 4.69) is 5.32 Å². The summed E-state index contributed by atoms with van der Waals surface area (Å²) in [5, 5.41) is 3.34. The van der Waals surface area contributed by atoms with Crippen molar-refractivity contribution in [2.45, 2.75) is 25.9 Å². The van der Waals surface area contributed by atoms with E-state index in [0.717, 1.165) is 16.1 Å². The first-order chi connectivity index (χ1) is 12.1. The number of halogens is 2. The van der Waals surface area contributed by atoms with Crippen molar-refractivity contribution in [3.05, 3.63) is 64.1 Å². The van der Waals surface area contributed by atoms with Crippen molar-refractivity contribution in [1.82, 2.24) is 5.32 Å². The molecule has 2 rings (SSSR count). The fourth-order valence-corrected chi connectivity index (χ4v) is 4.20. The van der Waals surface area contributed by atoms with Crippen LogP contribution in [0, 0.1) is 0 Å². The number of anilines is 1. The van der Waals surface area contributed by atoms with Gasteiger partial charge in [-0.2, -0.15) is 0 Å². The molecule has 0 saturated carbocycles. The van der Waals surface area contributed by atoms with Crippen LogP contribution >= 0.6 is 23.2 Å². The van der Waals surface area contributed by atoms with Gasteiger partial charge in [-0.05, 0) is 37.6 Å². The van der Waals surface area contributed by atoms with Crippen molar-refractivity contribution in [2.24, 2.45) is 0 Å².